The number of aryl methyl sites for hydroxylation is 1. The Morgan fingerprint density at radius 2 is 1.96 bits per heavy atom. The SMILES string of the molecule is Cc1cc(SCC(=O)Nc2ccc(F)cc2F)nc2ccccc12. The van der Waals surface area contributed by atoms with Gasteiger partial charge in [-0.3, -0.25) is 4.79 Å². The maximum Gasteiger partial charge on any atom is 0.234 e. The van der Waals surface area contributed by atoms with Gasteiger partial charge in [-0.15, -0.1) is 0 Å². The van der Waals surface area contributed by atoms with E-state index >= 15 is 0 Å². The smallest absolute Gasteiger partial charge is 0.234 e. The number of pyridine rings is 1. The standard InChI is InChI=1S/C18H14F2N2OS/c1-11-8-18(22-15-5-3-2-4-13(11)15)24-10-17(23)21-16-7-6-12(19)9-14(16)20/h2-9H,10H2,1H3,(H,21,23). The minimum absolute atomic E-state index is 0.0374. The van der Waals surface area contributed by atoms with E-state index in [4.69, 9.17) is 0 Å². The van der Waals surface area contributed by atoms with Crippen molar-refractivity contribution in [1.29, 1.82) is 0 Å². The molecule has 2 aromatic carbocycles. The molecule has 0 fully saturated rings. The van der Waals surface area contributed by atoms with Crippen molar-refractivity contribution in [2.24, 2.45) is 0 Å². The van der Waals surface area contributed by atoms with E-state index in [2.05, 4.69) is 10.3 Å². The van der Waals surface area contributed by atoms with Crippen LogP contribution < -0.4 is 5.32 Å². The first kappa shape index (κ1) is 16.4. The Kier molecular flexibility index (Phi) is 4.76. The fourth-order valence-corrected chi connectivity index (χ4v) is 3.08. The van der Waals surface area contributed by atoms with Crippen molar-refractivity contribution in [3.05, 3.63) is 65.7 Å². The topological polar surface area (TPSA) is 42.0 Å². The zero-order valence-corrected chi connectivity index (χ0v) is 13.7. The quantitative estimate of drug-likeness (QED) is 0.706. The highest BCUT2D eigenvalue weighted by Gasteiger charge is 2.10. The number of halogens is 2. The van der Waals surface area contributed by atoms with Crippen molar-refractivity contribution in [3.63, 3.8) is 0 Å². The first-order chi connectivity index (χ1) is 11.5. The van der Waals surface area contributed by atoms with Crippen LogP contribution in [-0.2, 0) is 4.79 Å². The van der Waals surface area contributed by atoms with Crippen LogP contribution in [0.25, 0.3) is 10.9 Å². The van der Waals surface area contributed by atoms with Crippen LogP contribution in [0, 0.1) is 18.6 Å². The molecule has 6 heteroatoms. The summed E-state index contributed by atoms with van der Waals surface area (Å²) in [6, 6.07) is 12.7. The van der Waals surface area contributed by atoms with Gasteiger partial charge in [-0.05, 0) is 36.8 Å². The van der Waals surface area contributed by atoms with Gasteiger partial charge in [0, 0.05) is 11.5 Å². The molecule has 122 valence electrons. The van der Waals surface area contributed by atoms with Crippen LogP contribution in [0.15, 0.2) is 53.6 Å². The van der Waals surface area contributed by atoms with Crippen molar-refractivity contribution in [2.45, 2.75) is 11.9 Å². The molecule has 0 bridgehead atoms. The molecule has 0 saturated heterocycles. The minimum Gasteiger partial charge on any atom is -0.323 e. The summed E-state index contributed by atoms with van der Waals surface area (Å²) in [6.07, 6.45) is 0. The van der Waals surface area contributed by atoms with Gasteiger partial charge in [-0.25, -0.2) is 13.8 Å². The highest BCUT2D eigenvalue weighted by Crippen LogP contribution is 2.24. The second-order valence-corrected chi connectivity index (χ2v) is 6.25. The highest BCUT2D eigenvalue weighted by atomic mass is 32.2. The highest BCUT2D eigenvalue weighted by molar-refractivity contribution is 7.99. The van der Waals surface area contributed by atoms with Gasteiger partial charge < -0.3 is 5.32 Å². The molecule has 0 unspecified atom stereocenters. The molecule has 1 N–H and O–H groups in total. The zero-order valence-electron chi connectivity index (χ0n) is 12.8. The normalized spacial score (nSPS) is 10.8. The molecule has 0 atom stereocenters. The number of para-hydroxylation sites is 1. The van der Waals surface area contributed by atoms with E-state index in [0.29, 0.717) is 0 Å². The zero-order chi connectivity index (χ0) is 17.1. The van der Waals surface area contributed by atoms with Crippen molar-refractivity contribution >= 4 is 34.3 Å². The third-order valence-electron chi connectivity index (χ3n) is 3.46. The summed E-state index contributed by atoms with van der Waals surface area (Å²) in [6.45, 7) is 1.99. The Hall–Kier alpha value is -2.47. The molecule has 1 amide bonds. The molecule has 0 spiro atoms. The summed E-state index contributed by atoms with van der Waals surface area (Å²) in [5, 5.41) is 4.22. The number of hydrogen-bond donors (Lipinski definition) is 1. The Labute approximate surface area is 142 Å². The van der Waals surface area contributed by atoms with Gasteiger partial charge in [-0.1, -0.05) is 30.0 Å². The Morgan fingerprint density at radius 3 is 2.75 bits per heavy atom. The number of benzene rings is 2. The van der Waals surface area contributed by atoms with Gasteiger partial charge in [0.1, 0.15) is 11.6 Å². The fraction of sp³-hybridized carbons (Fsp3) is 0.111. The van der Waals surface area contributed by atoms with Crippen LogP contribution in [0.5, 0.6) is 0 Å². The summed E-state index contributed by atoms with van der Waals surface area (Å²) >= 11 is 1.27. The molecule has 0 aliphatic rings. The number of nitrogens with one attached hydrogen (secondary N) is 1. The van der Waals surface area contributed by atoms with Crippen molar-refractivity contribution in [2.75, 3.05) is 11.1 Å². The molecule has 24 heavy (non-hydrogen) atoms. The third kappa shape index (κ3) is 3.71. The van der Waals surface area contributed by atoms with E-state index in [1.165, 1.54) is 17.8 Å². The van der Waals surface area contributed by atoms with Crippen LogP contribution in [0.3, 0.4) is 0 Å². The van der Waals surface area contributed by atoms with E-state index in [1.54, 1.807) is 0 Å². The predicted octanol–water partition coefficient (Wildman–Crippen LogP) is 4.55. The van der Waals surface area contributed by atoms with Crippen molar-refractivity contribution < 1.29 is 13.6 Å². The van der Waals surface area contributed by atoms with Crippen LogP contribution >= 0.6 is 11.8 Å². The van der Waals surface area contributed by atoms with Gasteiger partial charge in [0.15, 0.2) is 0 Å². The lowest BCUT2D eigenvalue weighted by Crippen LogP contribution is -2.15. The summed E-state index contributed by atoms with van der Waals surface area (Å²) in [4.78, 5) is 16.5. The second-order valence-electron chi connectivity index (χ2n) is 5.26. The van der Waals surface area contributed by atoms with Crippen molar-refractivity contribution in [1.82, 2.24) is 4.98 Å². The van der Waals surface area contributed by atoms with Crippen LogP contribution in [0.4, 0.5) is 14.5 Å². The van der Waals surface area contributed by atoms with Gasteiger partial charge in [0.2, 0.25) is 5.91 Å². The lowest BCUT2D eigenvalue weighted by Gasteiger charge is -2.08. The third-order valence-corrected chi connectivity index (χ3v) is 4.37. The lowest BCUT2D eigenvalue weighted by molar-refractivity contribution is -0.113. The molecular weight excluding hydrogens is 330 g/mol. The Balaban J connectivity index is 1.68. The summed E-state index contributed by atoms with van der Waals surface area (Å²) in [5.41, 5.74) is 1.91. The molecule has 1 heterocycles. The molecular formula is C18H14F2N2OS. The number of anilines is 1. The first-order valence-electron chi connectivity index (χ1n) is 7.27. The van der Waals surface area contributed by atoms with E-state index in [-0.39, 0.29) is 17.3 Å². The maximum absolute atomic E-state index is 13.5. The first-order valence-corrected chi connectivity index (χ1v) is 8.25. The summed E-state index contributed by atoms with van der Waals surface area (Å²) in [7, 11) is 0. The molecule has 0 radical (unpaired) electrons. The van der Waals surface area contributed by atoms with Gasteiger partial charge in [0.05, 0.1) is 22.0 Å². The molecule has 1 aromatic heterocycles. The Morgan fingerprint density at radius 1 is 1.17 bits per heavy atom. The molecule has 0 aliphatic heterocycles. The largest absolute Gasteiger partial charge is 0.323 e. The molecule has 0 saturated carbocycles. The van der Waals surface area contributed by atoms with Gasteiger partial charge in [-0.2, -0.15) is 0 Å². The Bertz CT molecular complexity index is 915. The fourth-order valence-electron chi connectivity index (χ4n) is 2.31. The number of fused-ring (bicyclic) bond motifs is 1. The molecule has 3 nitrogen and oxygen atoms in total. The number of rotatable bonds is 4. The number of thioether (sulfide) groups is 1. The maximum atomic E-state index is 13.5. The number of nitrogens with zero attached hydrogens (tertiary/aromatic N) is 1. The van der Waals surface area contributed by atoms with Crippen LogP contribution in [0.1, 0.15) is 5.56 Å². The second kappa shape index (κ2) is 6.97. The summed E-state index contributed by atoms with van der Waals surface area (Å²) in [5.74, 6) is -1.77. The van der Waals surface area contributed by atoms with Crippen LogP contribution in [0.2, 0.25) is 0 Å². The average Bonchev–Trinajstić information content (AvgIpc) is 2.56. The van der Waals surface area contributed by atoms with Crippen molar-refractivity contribution in [3.8, 4) is 0 Å². The molecule has 0 aliphatic carbocycles. The van der Waals surface area contributed by atoms with E-state index in [0.717, 1.165) is 33.6 Å². The predicted molar refractivity (Wildman–Crippen MR) is 92.2 cm³/mol. The van der Waals surface area contributed by atoms with E-state index in [1.807, 2.05) is 37.3 Å². The number of carbonyl (C=O) groups is 1. The number of hydrogen-bond acceptors (Lipinski definition) is 3. The van der Waals surface area contributed by atoms with E-state index < -0.39 is 11.6 Å². The molecule has 3 aromatic rings. The number of amides is 1. The molecule has 3 rings (SSSR count). The summed E-state index contributed by atoms with van der Waals surface area (Å²) < 4.78 is 26.4. The lowest BCUT2D eigenvalue weighted by atomic mass is 10.1. The van der Waals surface area contributed by atoms with Gasteiger partial charge in [0.25, 0.3) is 0 Å². The average molecular weight is 344 g/mol. The minimum atomic E-state index is -0.798. The monoisotopic (exact) mass is 344 g/mol. The number of carbonyl (C=O) groups excluding carboxylic acids is 1. The number of aromatic nitrogens is 1. The van der Waals surface area contributed by atoms with Gasteiger partial charge >= 0.3 is 0 Å². The van der Waals surface area contributed by atoms with E-state index in [9.17, 15) is 13.6 Å². The van der Waals surface area contributed by atoms with Crippen LogP contribution in [-0.4, -0.2) is 16.6 Å².